The minimum atomic E-state index is -0.658. The van der Waals surface area contributed by atoms with Crippen molar-refractivity contribution in [3.63, 3.8) is 0 Å². The monoisotopic (exact) mass is 422 g/mol. The summed E-state index contributed by atoms with van der Waals surface area (Å²) >= 11 is 0. The first-order chi connectivity index (χ1) is 15.0. The predicted molar refractivity (Wildman–Crippen MR) is 124 cm³/mol. The van der Waals surface area contributed by atoms with Gasteiger partial charge >= 0.3 is 5.63 Å². The number of anilines is 1. The number of rotatable bonds is 9. The molecule has 1 aromatic heterocycles. The zero-order valence-corrected chi connectivity index (χ0v) is 18.6. The molecule has 0 bridgehead atoms. The number of carbonyl (C=O) groups is 1. The Hall–Kier alpha value is -3.12. The molecule has 0 aliphatic carbocycles. The molecule has 0 saturated heterocycles. The molecule has 6 nitrogen and oxygen atoms in total. The molecule has 2 N–H and O–H groups in total. The molecule has 0 fully saturated rings. The molecule has 0 unspecified atom stereocenters. The summed E-state index contributed by atoms with van der Waals surface area (Å²) in [5.74, 6) is 0.236. The lowest BCUT2D eigenvalue weighted by Gasteiger charge is -2.17. The molecule has 6 heteroatoms. The summed E-state index contributed by atoms with van der Waals surface area (Å²) in [6.07, 6.45) is 2.54. The molecule has 3 aromatic rings. The van der Waals surface area contributed by atoms with Crippen molar-refractivity contribution < 1.29 is 13.9 Å². The van der Waals surface area contributed by atoms with Crippen LogP contribution in [-0.4, -0.2) is 19.1 Å². The standard InChI is InChI=1S/C25H30N2O4/c1-5-7-20-22(30-16(3)6-2)13-10-18-14-21(25(29)31-23(18)20)24(28)27-19-11-8-17(9-12-19)15-26-4/h8-14,16,26H,5-7,15H2,1-4H3,(H,27,28)/t16-/m1/s1. The van der Waals surface area contributed by atoms with Crippen molar-refractivity contribution in [1.82, 2.24) is 5.32 Å². The minimum Gasteiger partial charge on any atom is -0.490 e. The molecule has 164 valence electrons. The summed E-state index contributed by atoms with van der Waals surface area (Å²) in [6.45, 7) is 6.87. The second-order valence-corrected chi connectivity index (χ2v) is 7.68. The zero-order chi connectivity index (χ0) is 22.4. The van der Waals surface area contributed by atoms with Crippen LogP contribution >= 0.6 is 0 Å². The maximum absolute atomic E-state index is 12.7. The molecule has 31 heavy (non-hydrogen) atoms. The Balaban J connectivity index is 1.93. The van der Waals surface area contributed by atoms with Crippen LogP contribution in [0.4, 0.5) is 5.69 Å². The van der Waals surface area contributed by atoms with E-state index in [0.29, 0.717) is 16.7 Å². The second-order valence-electron chi connectivity index (χ2n) is 7.68. The summed E-state index contributed by atoms with van der Waals surface area (Å²) in [7, 11) is 1.88. The van der Waals surface area contributed by atoms with Gasteiger partial charge in [-0.15, -0.1) is 0 Å². The summed E-state index contributed by atoms with van der Waals surface area (Å²) in [5, 5.41) is 6.55. The Morgan fingerprint density at radius 3 is 2.52 bits per heavy atom. The molecule has 1 atom stereocenters. The number of fused-ring (bicyclic) bond motifs is 1. The van der Waals surface area contributed by atoms with Crippen molar-refractivity contribution in [2.45, 2.75) is 52.7 Å². The van der Waals surface area contributed by atoms with Crippen molar-refractivity contribution in [3.8, 4) is 5.75 Å². The number of aryl methyl sites for hydroxylation is 1. The Kier molecular flexibility index (Phi) is 7.47. The van der Waals surface area contributed by atoms with Gasteiger partial charge in [0.1, 0.15) is 16.9 Å². The number of carbonyl (C=O) groups excluding carboxylic acids is 1. The van der Waals surface area contributed by atoms with Crippen LogP contribution in [0.2, 0.25) is 0 Å². The van der Waals surface area contributed by atoms with Crippen LogP contribution in [0, 0.1) is 0 Å². The van der Waals surface area contributed by atoms with Gasteiger partial charge in [-0.05, 0) is 62.7 Å². The molecule has 0 saturated carbocycles. The van der Waals surface area contributed by atoms with Gasteiger partial charge in [0.05, 0.1) is 6.10 Å². The van der Waals surface area contributed by atoms with Gasteiger partial charge in [-0.25, -0.2) is 4.79 Å². The van der Waals surface area contributed by atoms with Crippen LogP contribution in [0.3, 0.4) is 0 Å². The number of ether oxygens (including phenoxy) is 1. The highest BCUT2D eigenvalue weighted by Crippen LogP contribution is 2.30. The van der Waals surface area contributed by atoms with Crippen molar-refractivity contribution in [3.05, 3.63) is 69.6 Å². The highest BCUT2D eigenvalue weighted by molar-refractivity contribution is 6.05. The van der Waals surface area contributed by atoms with Crippen molar-refractivity contribution in [1.29, 1.82) is 0 Å². The van der Waals surface area contributed by atoms with Gasteiger partial charge < -0.3 is 19.8 Å². The summed E-state index contributed by atoms with van der Waals surface area (Å²) in [6, 6.07) is 12.8. The highest BCUT2D eigenvalue weighted by atomic mass is 16.5. The van der Waals surface area contributed by atoms with Crippen LogP contribution in [0.15, 0.2) is 51.7 Å². The first kappa shape index (κ1) is 22.6. The van der Waals surface area contributed by atoms with Crippen LogP contribution in [-0.2, 0) is 13.0 Å². The van der Waals surface area contributed by atoms with Gasteiger partial charge in [0.15, 0.2) is 0 Å². The maximum atomic E-state index is 12.7. The number of hydrogen-bond donors (Lipinski definition) is 2. The lowest BCUT2D eigenvalue weighted by atomic mass is 10.0. The smallest absolute Gasteiger partial charge is 0.349 e. The fourth-order valence-electron chi connectivity index (χ4n) is 3.39. The van der Waals surface area contributed by atoms with E-state index >= 15 is 0 Å². The molecular weight excluding hydrogens is 392 g/mol. The third kappa shape index (κ3) is 5.33. The average molecular weight is 423 g/mol. The first-order valence-electron chi connectivity index (χ1n) is 10.8. The van der Waals surface area contributed by atoms with Gasteiger partial charge in [0.25, 0.3) is 5.91 Å². The summed E-state index contributed by atoms with van der Waals surface area (Å²) in [4.78, 5) is 25.4. The molecule has 1 amide bonds. The van der Waals surface area contributed by atoms with Gasteiger partial charge in [-0.1, -0.05) is 32.4 Å². The topological polar surface area (TPSA) is 80.6 Å². The lowest BCUT2D eigenvalue weighted by molar-refractivity contribution is 0.102. The number of nitrogens with one attached hydrogen (secondary N) is 2. The van der Waals surface area contributed by atoms with E-state index < -0.39 is 11.5 Å². The molecule has 1 heterocycles. The minimum absolute atomic E-state index is 0.0233. The summed E-state index contributed by atoms with van der Waals surface area (Å²) in [5.41, 5.74) is 2.39. The van der Waals surface area contributed by atoms with E-state index in [2.05, 4.69) is 24.5 Å². The molecule has 2 aromatic carbocycles. The molecule has 3 rings (SSSR count). The number of benzene rings is 2. The normalized spacial score (nSPS) is 12.0. The van der Waals surface area contributed by atoms with Crippen LogP contribution in [0.1, 0.15) is 55.1 Å². The molecule has 0 aliphatic rings. The fourth-order valence-corrected chi connectivity index (χ4v) is 3.39. The number of hydrogen-bond acceptors (Lipinski definition) is 5. The van der Waals surface area contributed by atoms with Crippen molar-refractivity contribution >= 4 is 22.6 Å². The van der Waals surface area contributed by atoms with E-state index in [1.807, 2.05) is 50.4 Å². The Morgan fingerprint density at radius 1 is 1.13 bits per heavy atom. The van der Waals surface area contributed by atoms with Gasteiger partial charge in [-0.2, -0.15) is 0 Å². The Bertz CT molecular complexity index is 1100. The largest absolute Gasteiger partial charge is 0.490 e. The van der Waals surface area contributed by atoms with E-state index in [-0.39, 0.29) is 11.7 Å². The first-order valence-corrected chi connectivity index (χ1v) is 10.8. The van der Waals surface area contributed by atoms with Gasteiger partial charge in [-0.3, -0.25) is 4.79 Å². The number of amides is 1. The zero-order valence-electron chi connectivity index (χ0n) is 18.6. The second kappa shape index (κ2) is 10.3. The van der Waals surface area contributed by atoms with Crippen molar-refractivity contribution in [2.24, 2.45) is 0 Å². The maximum Gasteiger partial charge on any atom is 0.349 e. The van der Waals surface area contributed by atoms with E-state index in [1.54, 1.807) is 6.07 Å². The SMILES string of the molecule is CCCc1c(O[C@H](C)CC)ccc2cc(C(=O)Nc3ccc(CNC)cc3)c(=O)oc12. The Labute approximate surface area is 182 Å². The third-order valence-corrected chi connectivity index (χ3v) is 5.20. The van der Waals surface area contributed by atoms with E-state index in [9.17, 15) is 9.59 Å². The molecule has 0 radical (unpaired) electrons. The van der Waals surface area contributed by atoms with E-state index in [4.69, 9.17) is 9.15 Å². The quantitative estimate of drug-likeness (QED) is 0.480. The average Bonchev–Trinajstić information content (AvgIpc) is 2.76. The third-order valence-electron chi connectivity index (χ3n) is 5.20. The lowest BCUT2D eigenvalue weighted by Crippen LogP contribution is -2.21. The summed E-state index contributed by atoms with van der Waals surface area (Å²) < 4.78 is 11.7. The van der Waals surface area contributed by atoms with Gasteiger partial charge in [0.2, 0.25) is 0 Å². The van der Waals surface area contributed by atoms with Crippen LogP contribution < -0.4 is 21.0 Å². The van der Waals surface area contributed by atoms with Crippen LogP contribution in [0.25, 0.3) is 11.0 Å². The Morgan fingerprint density at radius 2 is 1.87 bits per heavy atom. The predicted octanol–water partition coefficient (Wildman–Crippen LogP) is 4.89. The molecular formula is C25H30N2O4. The highest BCUT2D eigenvalue weighted by Gasteiger charge is 2.18. The fraction of sp³-hybridized carbons (Fsp3) is 0.360. The molecule has 0 spiro atoms. The van der Waals surface area contributed by atoms with Gasteiger partial charge in [0, 0.05) is 23.2 Å². The van der Waals surface area contributed by atoms with Crippen LogP contribution in [0.5, 0.6) is 5.75 Å². The molecule has 0 aliphatic heterocycles. The van der Waals surface area contributed by atoms with E-state index in [1.165, 1.54) is 0 Å². The van der Waals surface area contributed by atoms with E-state index in [0.717, 1.165) is 42.7 Å². The van der Waals surface area contributed by atoms with Crippen molar-refractivity contribution in [2.75, 3.05) is 12.4 Å².